The molecule has 0 amide bonds. The fourth-order valence-electron chi connectivity index (χ4n) is 10.8. The van der Waals surface area contributed by atoms with Gasteiger partial charge in [-0.25, -0.2) is 0 Å². The first-order chi connectivity index (χ1) is 29.7. The molecule has 0 saturated carbocycles. The van der Waals surface area contributed by atoms with Gasteiger partial charge in [0.1, 0.15) is 0 Å². The van der Waals surface area contributed by atoms with Crippen LogP contribution in [0.3, 0.4) is 0 Å². The van der Waals surface area contributed by atoms with Gasteiger partial charge in [0, 0.05) is 32.9 Å². The molecule has 2 nitrogen and oxygen atoms in total. The molecule has 10 aromatic rings. The molecule has 0 aliphatic rings. The van der Waals surface area contributed by atoms with Crippen LogP contribution in [0.5, 0.6) is 0 Å². The van der Waals surface area contributed by atoms with E-state index < -0.39 is 0 Å². The molecule has 0 N–H and O–H groups in total. The summed E-state index contributed by atoms with van der Waals surface area (Å²) in [5, 5.41) is 5.18. The molecule has 2 heterocycles. The van der Waals surface area contributed by atoms with Gasteiger partial charge >= 0.3 is 0 Å². The molecule has 0 atom stereocenters. The number of rotatable bonds is 5. The Bertz CT molecular complexity index is 3200. The highest BCUT2D eigenvalue weighted by atomic mass is 15.0. The fraction of sp³-hybridized carbons (Fsp3) is 0.200. The summed E-state index contributed by atoms with van der Waals surface area (Å²) in [5.74, 6) is 0. The maximum Gasteiger partial charge on any atom is 0.0541 e. The lowest BCUT2D eigenvalue weighted by molar-refractivity contribution is 1.17. The Morgan fingerprint density at radius 3 is 0.823 bits per heavy atom. The molecule has 62 heavy (non-hydrogen) atoms. The number of fused-ring (bicyclic) bond motifs is 6. The Morgan fingerprint density at radius 2 is 0.500 bits per heavy atom. The minimum atomic E-state index is 1.19. The lowest BCUT2D eigenvalue weighted by atomic mass is 9.78. The van der Waals surface area contributed by atoms with E-state index in [0.29, 0.717) is 0 Å². The van der Waals surface area contributed by atoms with Crippen LogP contribution in [0.2, 0.25) is 0 Å². The van der Waals surface area contributed by atoms with Crippen molar-refractivity contribution in [2.24, 2.45) is 0 Å². The minimum absolute atomic E-state index is 1.19. The van der Waals surface area contributed by atoms with Crippen molar-refractivity contribution in [1.29, 1.82) is 0 Å². The second-order valence-corrected chi connectivity index (χ2v) is 18.3. The first-order valence-corrected chi connectivity index (χ1v) is 22.2. The second kappa shape index (κ2) is 14.5. The summed E-state index contributed by atoms with van der Waals surface area (Å²) in [7, 11) is 0. The van der Waals surface area contributed by atoms with Crippen molar-refractivity contribution >= 4 is 43.6 Å². The molecular weight excluding hydrogens is 749 g/mol. The van der Waals surface area contributed by atoms with Crippen molar-refractivity contribution in [2.45, 2.75) is 83.1 Å². The summed E-state index contributed by atoms with van der Waals surface area (Å²) in [5.41, 5.74) is 31.3. The molecule has 2 aromatic heterocycles. The van der Waals surface area contributed by atoms with E-state index in [1.54, 1.807) is 0 Å². The van der Waals surface area contributed by atoms with Crippen molar-refractivity contribution in [3.8, 4) is 44.8 Å². The van der Waals surface area contributed by atoms with Crippen molar-refractivity contribution in [2.75, 3.05) is 0 Å². The van der Waals surface area contributed by atoms with Crippen LogP contribution >= 0.6 is 0 Å². The number of nitrogens with zero attached hydrogens (tertiary/aromatic N) is 2. The molecule has 8 aromatic carbocycles. The van der Waals surface area contributed by atoms with Crippen molar-refractivity contribution < 1.29 is 0 Å². The Morgan fingerprint density at radius 1 is 0.242 bits per heavy atom. The van der Waals surface area contributed by atoms with Crippen LogP contribution in [0.4, 0.5) is 0 Å². The topological polar surface area (TPSA) is 9.86 Å². The quantitative estimate of drug-likeness (QED) is 0.164. The molecular formula is C60H56N2. The number of benzene rings is 8. The summed E-state index contributed by atoms with van der Waals surface area (Å²) in [6, 6.07) is 45.9. The zero-order valence-electron chi connectivity index (χ0n) is 38.4. The van der Waals surface area contributed by atoms with E-state index in [-0.39, 0.29) is 0 Å². The van der Waals surface area contributed by atoms with E-state index >= 15 is 0 Å². The summed E-state index contributed by atoms with van der Waals surface area (Å²) in [6.45, 7) is 27.5. The van der Waals surface area contributed by atoms with Crippen LogP contribution < -0.4 is 0 Å². The van der Waals surface area contributed by atoms with E-state index in [1.807, 2.05) is 0 Å². The summed E-state index contributed by atoms with van der Waals surface area (Å²) >= 11 is 0. The molecule has 0 aliphatic carbocycles. The monoisotopic (exact) mass is 804 g/mol. The minimum Gasteiger partial charge on any atom is -0.309 e. The van der Waals surface area contributed by atoms with Crippen molar-refractivity contribution in [1.82, 2.24) is 9.13 Å². The Hall–Kier alpha value is -6.64. The van der Waals surface area contributed by atoms with E-state index in [4.69, 9.17) is 0 Å². The van der Waals surface area contributed by atoms with E-state index in [1.165, 1.54) is 155 Å². The van der Waals surface area contributed by atoms with Gasteiger partial charge in [0.2, 0.25) is 0 Å². The first kappa shape index (κ1) is 39.5. The summed E-state index contributed by atoms with van der Waals surface area (Å²) < 4.78 is 4.85. The Labute approximate surface area is 367 Å². The Balaban J connectivity index is 1.12. The van der Waals surface area contributed by atoms with E-state index in [2.05, 4.69) is 214 Å². The van der Waals surface area contributed by atoms with Gasteiger partial charge < -0.3 is 9.13 Å². The molecule has 2 heteroatoms. The fourth-order valence-corrected chi connectivity index (χ4v) is 10.8. The summed E-state index contributed by atoms with van der Waals surface area (Å²) in [4.78, 5) is 0. The van der Waals surface area contributed by atoms with Gasteiger partial charge in [0.25, 0.3) is 0 Å². The normalized spacial score (nSPS) is 11.9. The second-order valence-electron chi connectivity index (χ2n) is 18.3. The molecule has 0 spiro atoms. The van der Waals surface area contributed by atoms with Gasteiger partial charge in [-0.3, -0.25) is 0 Å². The molecule has 306 valence electrons. The average Bonchev–Trinajstić information content (AvgIpc) is 3.75. The Kier molecular flexibility index (Phi) is 9.23. The van der Waals surface area contributed by atoms with Crippen LogP contribution in [-0.2, 0) is 0 Å². The number of hydrogen-bond donors (Lipinski definition) is 0. The summed E-state index contributed by atoms with van der Waals surface area (Å²) in [6.07, 6.45) is 0. The maximum absolute atomic E-state index is 2.45. The predicted octanol–water partition coefficient (Wildman–Crippen LogP) is 16.6. The lowest BCUT2D eigenvalue weighted by Crippen LogP contribution is -2.05. The molecule has 0 fully saturated rings. The van der Waals surface area contributed by atoms with Crippen LogP contribution in [0.15, 0.2) is 121 Å². The first-order valence-electron chi connectivity index (χ1n) is 22.2. The van der Waals surface area contributed by atoms with Gasteiger partial charge in [0.15, 0.2) is 0 Å². The zero-order chi connectivity index (χ0) is 43.5. The van der Waals surface area contributed by atoms with Gasteiger partial charge in [0.05, 0.1) is 22.1 Å². The molecule has 0 radical (unpaired) electrons. The highest BCUT2D eigenvalue weighted by Gasteiger charge is 2.25. The number of aromatic nitrogens is 2. The van der Waals surface area contributed by atoms with Crippen LogP contribution in [0.25, 0.3) is 88.4 Å². The number of hydrogen-bond acceptors (Lipinski definition) is 0. The van der Waals surface area contributed by atoms with Gasteiger partial charge in [-0.05, 0) is 234 Å². The lowest BCUT2D eigenvalue weighted by Gasteiger charge is -2.26. The number of aryl methyl sites for hydroxylation is 4. The van der Waals surface area contributed by atoms with E-state index in [9.17, 15) is 0 Å². The zero-order valence-corrected chi connectivity index (χ0v) is 38.4. The van der Waals surface area contributed by atoms with Gasteiger partial charge in [-0.1, -0.05) is 70.8 Å². The molecule has 0 aliphatic heterocycles. The van der Waals surface area contributed by atoms with Crippen molar-refractivity contribution in [3.63, 3.8) is 0 Å². The van der Waals surface area contributed by atoms with Gasteiger partial charge in [-0.2, -0.15) is 0 Å². The third kappa shape index (κ3) is 5.91. The third-order valence-electron chi connectivity index (χ3n) is 14.5. The van der Waals surface area contributed by atoms with E-state index in [0.717, 1.165) is 0 Å². The van der Waals surface area contributed by atoms with Crippen LogP contribution in [-0.4, -0.2) is 9.13 Å². The molecule has 10 rings (SSSR count). The molecule has 0 unspecified atom stereocenters. The largest absolute Gasteiger partial charge is 0.309 e. The third-order valence-corrected chi connectivity index (χ3v) is 14.5. The maximum atomic E-state index is 2.45. The highest BCUT2D eigenvalue weighted by molar-refractivity contribution is 6.12. The average molecular weight is 805 g/mol. The van der Waals surface area contributed by atoms with Crippen LogP contribution in [0, 0.1) is 83.1 Å². The van der Waals surface area contributed by atoms with Gasteiger partial charge in [-0.15, -0.1) is 0 Å². The smallest absolute Gasteiger partial charge is 0.0541 e. The standard InChI is InChI=1S/C60H56N2/c1-33-13-21-47(22-14-33)61-53-25-17-35(3)29-49(53)51-31-45(19-27-55(51)61)57-37(5)41(9)59(42(10)38(57)6)60-43(11)39(7)58(40(8)44(60)12)46-20-28-56-52(32-46)50-30-36(4)18-26-54(50)62(56)48-23-15-34(2)16-24-48/h13-32H,1-12H3. The van der Waals surface area contributed by atoms with Crippen molar-refractivity contribution in [3.05, 3.63) is 188 Å². The SMILES string of the molecule is Cc1ccc(-n2c3ccc(C)cc3c3cc(-c4c(C)c(C)c(-c5c(C)c(C)c(-c6ccc7c(c6)c6cc(C)ccc6n7-c6ccc(C)cc6)c(C)c5C)c(C)c4C)ccc32)cc1. The molecule has 0 saturated heterocycles. The van der Waals surface area contributed by atoms with Crippen LogP contribution in [0.1, 0.15) is 66.8 Å². The highest BCUT2D eigenvalue weighted by Crippen LogP contribution is 2.47. The molecule has 0 bridgehead atoms. The predicted molar refractivity (Wildman–Crippen MR) is 268 cm³/mol.